The Morgan fingerprint density at radius 3 is 1.71 bits per heavy atom. The maximum atomic E-state index is 14.7. The zero-order valence-corrected chi connectivity index (χ0v) is 23.7. The molecule has 4 aromatic rings. The highest BCUT2D eigenvalue weighted by Gasteiger charge is 2.37. The van der Waals surface area contributed by atoms with E-state index in [0.717, 1.165) is 22.4 Å². The summed E-state index contributed by atoms with van der Waals surface area (Å²) in [5.74, 6) is -0.115. The Morgan fingerprint density at radius 2 is 1.21 bits per heavy atom. The molecule has 0 bridgehead atoms. The van der Waals surface area contributed by atoms with Crippen LogP contribution in [0.4, 0.5) is 0 Å². The SMILES string of the molecule is C[C@@H](c1ccc(Oc2ccccc2)cc1)N(C(=O)C(c1ccccc1)c1ccccc1)[C@H](CCCN=C(N)N)C(N)=O. The number of benzene rings is 4. The smallest absolute Gasteiger partial charge is 0.240 e. The number of amides is 2. The minimum atomic E-state index is -0.892. The molecule has 0 aliphatic carbocycles. The molecule has 6 N–H and O–H groups in total. The molecular formula is C34H37N5O3. The lowest BCUT2D eigenvalue weighted by atomic mass is 9.88. The van der Waals surface area contributed by atoms with E-state index in [1.165, 1.54) is 0 Å². The van der Waals surface area contributed by atoms with Crippen LogP contribution < -0.4 is 21.9 Å². The number of aliphatic imine (C=N–C) groups is 1. The molecular weight excluding hydrogens is 526 g/mol. The molecule has 0 unspecified atom stereocenters. The number of carbonyl (C=O) groups excluding carboxylic acids is 2. The van der Waals surface area contributed by atoms with Crippen molar-refractivity contribution in [3.05, 3.63) is 132 Å². The first-order chi connectivity index (χ1) is 20.3. The maximum absolute atomic E-state index is 14.7. The van der Waals surface area contributed by atoms with Gasteiger partial charge in [-0.05, 0) is 60.7 Å². The van der Waals surface area contributed by atoms with Crippen molar-refractivity contribution in [2.45, 2.75) is 37.8 Å². The second-order valence-corrected chi connectivity index (χ2v) is 10.0. The molecule has 216 valence electrons. The number of nitrogens with zero attached hydrogens (tertiary/aromatic N) is 2. The van der Waals surface area contributed by atoms with Gasteiger partial charge in [0.25, 0.3) is 0 Å². The molecule has 0 radical (unpaired) electrons. The highest BCUT2D eigenvalue weighted by atomic mass is 16.5. The van der Waals surface area contributed by atoms with Crippen LogP contribution >= 0.6 is 0 Å². The molecule has 0 spiro atoms. The first-order valence-corrected chi connectivity index (χ1v) is 13.9. The molecule has 0 saturated carbocycles. The lowest BCUT2D eigenvalue weighted by Crippen LogP contribution is -2.50. The van der Waals surface area contributed by atoms with E-state index >= 15 is 0 Å². The Kier molecular flexibility index (Phi) is 10.3. The minimum Gasteiger partial charge on any atom is -0.457 e. The molecule has 2 atom stereocenters. The number of ether oxygens (including phenoxy) is 1. The molecule has 2 amide bonds. The van der Waals surface area contributed by atoms with Crippen LogP contribution in [0.3, 0.4) is 0 Å². The summed E-state index contributed by atoms with van der Waals surface area (Å²) < 4.78 is 5.96. The Balaban J connectivity index is 1.72. The van der Waals surface area contributed by atoms with Crippen LogP contribution in [-0.2, 0) is 9.59 Å². The molecule has 0 aliphatic rings. The summed E-state index contributed by atoms with van der Waals surface area (Å²) in [7, 11) is 0. The summed E-state index contributed by atoms with van der Waals surface area (Å²) >= 11 is 0. The van der Waals surface area contributed by atoms with E-state index in [2.05, 4.69) is 4.99 Å². The second kappa shape index (κ2) is 14.5. The fraction of sp³-hybridized carbons (Fsp3) is 0.206. The summed E-state index contributed by atoms with van der Waals surface area (Å²) in [6.07, 6.45) is 0.765. The van der Waals surface area contributed by atoms with E-state index < -0.39 is 23.9 Å². The van der Waals surface area contributed by atoms with Crippen LogP contribution in [0.25, 0.3) is 0 Å². The first-order valence-electron chi connectivity index (χ1n) is 13.9. The fourth-order valence-corrected chi connectivity index (χ4v) is 5.04. The Hall–Kier alpha value is -5.11. The number of para-hydroxylation sites is 1. The van der Waals surface area contributed by atoms with E-state index in [0.29, 0.717) is 25.1 Å². The van der Waals surface area contributed by atoms with E-state index in [-0.39, 0.29) is 11.9 Å². The molecule has 0 saturated heterocycles. The summed E-state index contributed by atoms with van der Waals surface area (Å²) in [6, 6.07) is 34.7. The normalized spacial score (nSPS) is 12.2. The number of hydrogen-bond donors (Lipinski definition) is 3. The number of rotatable bonds is 13. The van der Waals surface area contributed by atoms with Gasteiger partial charge < -0.3 is 26.8 Å². The second-order valence-electron chi connectivity index (χ2n) is 10.0. The van der Waals surface area contributed by atoms with Crippen molar-refractivity contribution in [2.24, 2.45) is 22.2 Å². The Labute approximate surface area is 246 Å². The van der Waals surface area contributed by atoms with Gasteiger partial charge in [0, 0.05) is 6.54 Å². The molecule has 8 nitrogen and oxygen atoms in total. The largest absolute Gasteiger partial charge is 0.457 e. The quantitative estimate of drug-likeness (QED) is 0.118. The number of carbonyl (C=O) groups is 2. The van der Waals surface area contributed by atoms with Gasteiger partial charge in [0.15, 0.2) is 5.96 Å². The van der Waals surface area contributed by atoms with Crippen LogP contribution in [0.15, 0.2) is 120 Å². The van der Waals surface area contributed by atoms with E-state index in [4.69, 9.17) is 21.9 Å². The molecule has 0 aromatic heterocycles. The number of hydrogen-bond acceptors (Lipinski definition) is 4. The van der Waals surface area contributed by atoms with Crippen molar-refractivity contribution >= 4 is 17.8 Å². The van der Waals surface area contributed by atoms with Crippen molar-refractivity contribution in [1.82, 2.24) is 4.90 Å². The van der Waals surface area contributed by atoms with Crippen molar-refractivity contribution in [3.63, 3.8) is 0 Å². The number of guanidine groups is 1. The van der Waals surface area contributed by atoms with E-state index in [1.54, 1.807) is 4.90 Å². The number of nitrogens with two attached hydrogens (primary N) is 3. The zero-order chi connectivity index (χ0) is 29.9. The average molecular weight is 564 g/mol. The van der Waals surface area contributed by atoms with Crippen molar-refractivity contribution in [2.75, 3.05) is 6.54 Å². The van der Waals surface area contributed by atoms with Gasteiger partial charge in [0.05, 0.1) is 12.0 Å². The Bertz CT molecular complexity index is 1420. The van der Waals surface area contributed by atoms with Gasteiger partial charge in [0.2, 0.25) is 11.8 Å². The molecule has 8 heteroatoms. The molecule has 0 fully saturated rings. The fourth-order valence-electron chi connectivity index (χ4n) is 5.04. The third kappa shape index (κ3) is 7.75. The zero-order valence-electron chi connectivity index (χ0n) is 23.7. The molecule has 0 aliphatic heterocycles. The lowest BCUT2D eigenvalue weighted by Gasteiger charge is -2.38. The highest BCUT2D eigenvalue weighted by Crippen LogP contribution is 2.34. The lowest BCUT2D eigenvalue weighted by molar-refractivity contribution is -0.142. The van der Waals surface area contributed by atoms with Gasteiger partial charge in [-0.1, -0.05) is 91.0 Å². The average Bonchev–Trinajstić information content (AvgIpc) is 3.00. The monoisotopic (exact) mass is 563 g/mol. The highest BCUT2D eigenvalue weighted by molar-refractivity contribution is 5.92. The third-order valence-electron chi connectivity index (χ3n) is 7.12. The number of primary amides is 1. The van der Waals surface area contributed by atoms with Gasteiger partial charge in [-0.2, -0.15) is 0 Å². The van der Waals surface area contributed by atoms with Gasteiger partial charge in [-0.3, -0.25) is 14.6 Å². The summed E-state index contributed by atoms with van der Waals surface area (Å²) in [5, 5.41) is 0. The van der Waals surface area contributed by atoms with Crippen LogP contribution in [0.1, 0.15) is 48.4 Å². The van der Waals surface area contributed by atoms with Gasteiger partial charge in [0.1, 0.15) is 17.5 Å². The third-order valence-corrected chi connectivity index (χ3v) is 7.12. The first kappa shape index (κ1) is 29.9. The Morgan fingerprint density at radius 1 is 0.714 bits per heavy atom. The van der Waals surface area contributed by atoms with E-state index in [9.17, 15) is 9.59 Å². The summed E-state index contributed by atoms with van der Waals surface area (Å²) in [4.78, 5) is 33.3. The standard InChI is InChI=1S/C34H37N5O3/c1-24(25-19-21-29(22-20-25)42-28-16-9-4-10-17-28)39(30(32(35)40)18-11-23-38-34(36)37)33(41)31(26-12-5-2-6-13-26)27-14-7-3-8-15-27/h2-10,12-17,19-22,24,30-31H,11,18,23H2,1H3,(H2,35,40)(H4,36,37,38)/t24-,30+/m0/s1. The summed E-state index contributed by atoms with van der Waals surface area (Å²) in [5.41, 5.74) is 19.4. The predicted octanol–water partition coefficient (Wildman–Crippen LogP) is 5.11. The molecule has 42 heavy (non-hydrogen) atoms. The topological polar surface area (TPSA) is 137 Å². The molecule has 4 aromatic carbocycles. The maximum Gasteiger partial charge on any atom is 0.240 e. The van der Waals surface area contributed by atoms with Crippen molar-refractivity contribution in [1.29, 1.82) is 0 Å². The van der Waals surface area contributed by atoms with Gasteiger partial charge >= 0.3 is 0 Å². The minimum absolute atomic E-state index is 0.0297. The summed E-state index contributed by atoms with van der Waals surface area (Å²) in [6.45, 7) is 2.22. The molecule has 0 heterocycles. The van der Waals surface area contributed by atoms with Crippen LogP contribution in [0, 0.1) is 0 Å². The van der Waals surface area contributed by atoms with E-state index in [1.807, 2.05) is 122 Å². The van der Waals surface area contributed by atoms with Crippen LogP contribution in [0.2, 0.25) is 0 Å². The van der Waals surface area contributed by atoms with Crippen molar-refractivity contribution < 1.29 is 14.3 Å². The van der Waals surface area contributed by atoms with Gasteiger partial charge in [-0.15, -0.1) is 0 Å². The van der Waals surface area contributed by atoms with Crippen molar-refractivity contribution in [3.8, 4) is 11.5 Å². The molecule has 4 rings (SSSR count). The van der Waals surface area contributed by atoms with Crippen LogP contribution in [0.5, 0.6) is 11.5 Å². The van der Waals surface area contributed by atoms with Crippen LogP contribution in [-0.4, -0.2) is 35.3 Å². The predicted molar refractivity (Wildman–Crippen MR) is 166 cm³/mol. The van der Waals surface area contributed by atoms with Gasteiger partial charge in [-0.25, -0.2) is 0 Å².